The molecule has 0 saturated carbocycles. The Hall–Kier alpha value is 0.259. The fourth-order valence-electron chi connectivity index (χ4n) is 0.174. The zero-order chi connectivity index (χ0) is 4.99. The van der Waals surface area contributed by atoms with Crippen molar-refractivity contribution in [3.05, 3.63) is 12.2 Å². The van der Waals surface area contributed by atoms with Crippen molar-refractivity contribution in [2.45, 2.75) is 18.7 Å². The van der Waals surface area contributed by atoms with Crippen LogP contribution in [0.15, 0.2) is 12.2 Å². The molecule has 0 rings (SSSR count). The zero-order valence-corrected chi connectivity index (χ0v) is 5.74. The van der Waals surface area contributed by atoms with Crippen LogP contribution in [0.3, 0.4) is 0 Å². The Morgan fingerprint density at radius 3 is 2.33 bits per heavy atom. The minimum atomic E-state index is 1.11. The van der Waals surface area contributed by atoms with Crippen LogP contribution in [0, 0.1) is 0 Å². The summed E-state index contributed by atoms with van der Waals surface area (Å²) >= 11 is 2.91. The minimum absolute atomic E-state index is 1.11. The van der Waals surface area contributed by atoms with Gasteiger partial charge in [-0.1, -0.05) is 0 Å². The number of allylic oxidation sites excluding steroid dienone is 1. The van der Waals surface area contributed by atoms with Crippen LogP contribution in [0.2, 0.25) is 5.32 Å². The molecule has 0 nitrogen and oxygen atoms in total. The molecule has 0 atom stereocenters. The third-order valence-corrected chi connectivity index (χ3v) is 0.957. The van der Waals surface area contributed by atoms with Crippen LogP contribution >= 0.6 is 0 Å². The van der Waals surface area contributed by atoms with E-state index in [2.05, 4.69) is 22.6 Å². The van der Waals surface area contributed by atoms with Gasteiger partial charge in [0.2, 0.25) is 0 Å². The van der Waals surface area contributed by atoms with Gasteiger partial charge in [-0.3, -0.25) is 0 Å². The molecular weight excluding hydrogens is 139 g/mol. The molecule has 35 valence electrons. The first-order valence-electron chi connectivity index (χ1n) is 2.00. The van der Waals surface area contributed by atoms with E-state index < -0.39 is 0 Å². The van der Waals surface area contributed by atoms with Crippen molar-refractivity contribution in [3.63, 3.8) is 0 Å². The van der Waals surface area contributed by atoms with Gasteiger partial charge in [0, 0.05) is 0 Å². The molecule has 0 N–H and O–H groups in total. The third kappa shape index (κ3) is 4.26. The van der Waals surface area contributed by atoms with Gasteiger partial charge in [0.15, 0.2) is 0 Å². The monoisotopic (exact) mass is 149 g/mol. The predicted molar refractivity (Wildman–Crippen MR) is 30.0 cm³/mol. The standard InChI is InChI=1S/C5H9Se/c1-5(2)3-4-6/h1,3-4H2,2H3. The molecule has 0 saturated heterocycles. The summed E-state index contributed by atoms with van der Waals surface area (Å²) in [5, 5.41) is 1.11. The maximum atomic E-state index is 3.72. The number of rotatable bonds is 2. The molecule has 6 heavy (non-hydrogen) atoms. The second-order valence-electron chi connectivity index (χ2n) is 1.41. The molecule has 1 radical (unpaired) electrons. The van der Waals surface area contributed by atoms with E-state index in [1.165, 1.54) is 5.57 Å². The Labute approximate surface area is 47.4 Å². The van der Waals surface area contributed by atoms with E-state index in [1.54, 1.807) is 0 Å². The first-order chi connectivity index (χ1) is 2.77. The third-order valence-electron chi connectivity index (χ3n) is 0.529. The molecule has 0 aromatic rings. The maximum absolute atomic E-state index is 3.72. The fourth-order valence-corrected chi connectivity index (χ4v) is 0.905. The zero-order valence-electron chi connectivity index (χ0n) is 4.03. The summed E-state index contributed by atoms with van der Waals surface area (Å²) in [6, 6.07) is 0. The van der Waals surface area contributed by atoms with E-state index in [4.69, 9.17) is 0 Å². The normalized spacial score (nSPS) is 8.33. The van der Waals surface area contributed by atoms with Gasteiger partial charge in [-0.2, -0.15) is 0 Å². The second-order valence-corrected chi connectivity index (χ2v) is 2.27. The molecule has 0 amide bonds. The van der Waals surface area contributed by atoms with Crippen molar-refractivity contribution in [1.29, 1.82) is 0 Å². The quantitative estimate of drug-likeness (QED) is 0.411. The molecule has 0 spiro atoms. The van der Waals surface area contributed by atoms with Crippen LogP contribution < -0.4 is 0 Å². The van der Waals surface area contributed by atoms with E-state index in [9.17, 15) is 0 Å². The van der Waals surface area contributed by atoms with Gasteiger partial charge in [0.1, 0.15) is 0 Å². The molecule has 0 heterocycles. The van der Waals surface area contributed by atoms with Gasteiger partial charge in [-0.05, 0) is 0 Å². The summed E-state index contributed by atoms with van der Waals surface area (Å²) < 4.78 is 0. The van der Waals surface area contributed by atoms with E-state index in [0.717, 1.165) is 11.7 Å². The van der Waals surface area contributed by atoms with Crippen molar-refractivity contribution < 1.29 is 0 Å². The molecule has 0 aromatic heterocycles. The summed E-state index contributed by atoms with van der Waals surface area (Å²) in [6.07, 6.45) is 1.12. The Morgan fingerprint density at radius 1 is 1.83 bits per heavy atom. The molecule has 0 fully saturated rings. The molecule has 0 unspecified atom stereocenters. The van der Waals surface area contributed by atoms with E-state index in [-0.39, 0.29) is 0 Å². The van der Waals surface area contributed by atoms with Gasteiger partial charge in [-0.25, -0.2) is 0 Å². The van der Waals surface area contributed by atoms with Crippen LogP contribution in [0.4, 0.5) is 0 Å². The van der Waals surface area contributed by atoms with Gasteiger partial charge < -0.3 is 0 Å². The molecular formula is C5H9Se. The van der Waals surface area contributed by atoms with Crippen LogP contribution in [-0.2, 0) is 0 Å². The SMILES string of the molecule is C=C(C)CC[Se]. The van der Waals surface area contributed by atoms with E-state index in [1.807, 2.05) is 6.92 Å². The molecule has 0 aliphatic heterocycles. The summed E-state index contributed by atoms with van der Waals surface area (Å²) in [5.74, 6) is 0. The second kappa shape index (κ2) is 3.45. The van der Waals surface area contributed by atoms with Crippen molar-refractivity contribution in [2.24, 2.45) is 0 Å². The average Bonchev–Trinajstić information content (AvgIpc) is 1.35. The first-order valence-corrected chi connectivity index (χ1v) is 3.21. The Morgan fingerprint density at radius 2 is 2.33 bits per heavy atom. The van der Waals surface area contributed by atoms with Crippen molar-refractivity contribution in [3.8, 4) is 0 Å². The van der Waals surface area contributed by atoms with E-state index >= 15 is 0 Å². The Bertz CT molecular complexity index is 47.9. The van der Waals surface area contributed by atoms with Crippen LogP contribution in [-0.4, -0.2) is 16.0 Å². The molecule has 0 aliphatic carbocycles. The summed E-state index contributed by atoms with van der Waals surface area (Å²) in [5.41, 5.74) is 1.26. The van der Waals surface area contributed by atoms with Crippen molar-refractivity contribution in [1.82, 2.24) is 0 Å². The Balaban J connectivity index is 2.83. The van der Waals surface area contributed by atoms with Crippen molar-refractivity contribution in [2.75, 3.05) is 0 Å². The molecule has 1 heteroatoms. The number of hydrogen-bond acceptors (Lipinski definition) is 0. The predicted octanol–water partition coefficient (Wildman–Crippen LogP) is 1.54. The number of hydrogen-bond donors (Lipinski definition) is 0. The first kappa shape index (κ1) is 6.26. The summed E-state index contributed by atoms with van der Waals surface area (Å²) in [6.45, 7) is 5.76. The fraction of sp³-hybridized carbons (Fsp3) is 0.600. The van der Waals surface area contributed by atoms with Crippen molar-refractivity contribution >= 4 is 16.0 Å². The van der Waals surface area contributed by atoms with Gasteiger partial charge >= 0.3 is 46.8 Å². The van der Waals surface area contributed by atoms with Gasteiger partial charge in [0.05, 0.1) is 0 Å². The van der Waals surface area contributed by atoms with Crippen LogP contribution in [0.25, 0.3) is 0 Å². The van der Waals surface area contributed by atoms with Gasteiger partial charge in [-0.15, -0.1) is 0 Å². The van der Waals surface area contributed by atoms with Gasteiger partial charge in [0.25, 0.3) is 0 Å². The molecule has 0 bridgehead atoms. The summed E-state index contributed by atoms with van der Waals surface area (Å²) in [7, 11) is 0. The summed E-state index contributed by atoms with van der Waals surface area (Å²) in [4.78, 5) is 0. The topological polar surface area (TPSA) is 0 Å². The van der Waals surface area contributed by atoms with E-state index in [0.29, 0.717) is 0 Å². The molecule has 0 aliphatic rings. The van der Waals surface area contributed by atoms with Crippen LogP contribution in [0.1, 0.15) is 13.3 Å². The van der Waals surface area contributed by atoms with Crippen LogP contribution in [0.5, 0.6) is 0 Å². The Kier molecular flexibility index (Phi) is 3.60. The average molecular weight is 148 g/mol. The molecule has 0 aromatic carbocycles.